The summed E-state index contributed by atoms with van der Waals surface area (Å²) in [4.78, 5) is 37.1. The maximum absolute atomic E-state index is 12.8. The molecule has 2 aliphatic carbocycles. The summed E-state index contributed by atoms with van der Waals surface area (Å²) >= 11 is 0. The Kier molecular flexibility index (Phi) is 4.48. The van der Waals surface area contributed by atoms with Crippen LogP contribution in [0.15, 0.2) is 23.8 Å². The van der Waals surface area contributed by atoms with Gasteiger partial charge in [-0.05, 0) is 30.3 Å². The van der Waals surface area contributed by atoms with Gasteiger partial charge in [0.2, 0.25) is 11.6 Å². The van der Waals surface area contributed by atoms with Crippen LogP contribution in [0.25, 0.3) is 0 Å². The van der Waals surface area contributed by atoms with Crippen LogP contribution in [0.4, 0.5) is 0 Å². The molecule has 1 aliphatic heterocycles. The van der Waals surface area contributed by atoms with Crippen molar-refractivity contribution in [2.24, 2.45) is 28.6 Å². The predicted octanol–water partition coefficient (Wildman–Crippen LogP) is 2.23. The summed E-state index contributed by atoms with van der Waals surface area (Å²) in [5.74, 6) is -2.33. The molecule has 0 aromatic rings. The second-order valence-electron chi connectivity index (χ2n) is 8.33. The minimum Gasteiger partial charge on any atom is -0.458 e. The number of aliphatic hydroxyl groups excluding tert-OH is 1. The van der Waals surface area contributed by atoms with E-state index in [-0.39, 0.29) is 42.1 Å². The first-order valence-corrected chi connectivity index (χ1v) is 8.99. The quantitative estimate of drug-likeness (QED) is 0.626. The summed E-state index contributed by atoms with van der Waals surface area (Å²) in [5.41, 5.74) is -0.506. The molecule has 1 unspecified atom stereocenters. The zero-order valence-corrected chi connectivity index (χ0v) is 15.1. The summed E-state index contributed by atoms with van der Waals surface area (Å²) in [5, 5.41) is 10.3. The van der Waals surface area contributed by atoms with Crippen molar-refractivity contribution in [1.29, 1.82) is 0 Å². The number of cyclic esters (lactones) is 1. The number of Topliss-reactive ketones (excluding diaryl/α,β-unsaturated/α-hetero) is 2. The number of carbonyl (C=O) groups is 3. The number of fused-ring (bicyclic) bond motifs is 1. The average molecular weight is 346 g/mol. The standard InChI is InChI=1S/C20H26O5/c1-12-14(6-5-13-7-10-25-18(13)24)20(11-21)9-4-8-19(2,3)17(20)16(23)15(12)22/h5-7,12,14,17,21H,4,8-11H2,1-3H3/t12?,14-,17-,20-/m0/s1. The van der Waals surface area contributed by atoms with Crippen molar-refractivity contribution < 1.29 is 24.2 Å². The first-order valence-electron chi connectivity index (χ1n) is 8.99. The Labute approximate surface area is 148 Å². The van der Waals surface area contributed by atoms with Gasteiger partial charge in [0, 0.05) is 17.3 Å². The molecule has 0 radical (unpaired) electrons. The van der Waals surface area contributed by atoms with E-state index in [2.05, 4.69) is 0 Å². The topological polar surface area (TPSA) is 80.7 Å². The maximum atomic E-state index is 12.8. The lowest BCUT2D eigenvalue weighted by Crippen LogP contribution is -2.61. The van der Waals surface area contributed by atoms with Gasteiger partial charge in [-0.25, -0.2) is 4.79 Å². The molecular formula is C20H26O5. The molecule has 3 aliphatic rings. The highest BCUT2D eigenvalue weighted by Gasteiger charge is 2.62. The number of carbonyl (C=O) groups excluding carboxylic acids is 3. The van der Waals surface area contributed by atoms with Crippen molar-refractivity contribution in [1.82, 2.24) is 0 Å². The van der Waals surface area contributed by atoms with Crippen LogP contribution in [-0.2, 0) is 19.1 Å². The molecule has 25 heavy (non-hydrogen) atoms. The lowest BCUT2D eigenvalue weighted by atomic mass is 9.45. The van der Waals surface area contributed by atoms with E-state index in [4.69, 9.17) is 4.74 Å². The third-order valence-corrected chi connectivity index (χ3v) is 6.47. The van der Waals surface area contributed by atoms with Crippen LogP contribution in [0, 0.1) is 28.6 Å². The molecule has 1 N–H and O–H groups in total. The first-order chi connectivity index (χ1) is 11.7. The number of aliphatic hydroxyl groups is 1. The highest BCUT2D eigenvalue weighted by atomic mass is 16.5. The Morgan fingerprint density at radius 2 is 1.96 bits per heavy atom. The number of rotatable bonds is 3. The lowest BCUT2D eigenvalue weighted by molar-refractivity contribution is -0.168. The van der Waals surface area contributed by atoms with Gasteiger partial charge in [-0.2, -0.15) is 0 Å². The summed E-state index contributed by atoms with van der Waals surface area (Å²) in [6, 6.07) is 0. The molecular weight excluding hydrogens is 320 g/mol. The highest BCUT2D eigenvalue weighted by Crippen LogP contribution is 2.59. The van der Waals surface area contributed by atoms with Crippen molar-refractivity contribution in [2.75, 3.05) is 13.2 Å². The van der Waals surface area contributed by atoms with Crippen molar-refractivity contribution in [2.45, 2.75) is 40.0 Å². The molecule has 5 nitrogen and oxygen atoms in total. The van der Waals surface area contributed by atoms with Crippen LogP contribution in [0.2, 0.25) is 0 Å². The van der Waals surface area contributed by atoms with Crippen molar-refractivity contribution in [3.05, 3.63) is 23.8 Å². The zero-order chi connectivity index (χ0) is 18.4. The van der Waals surface area contributed by atoms with E-state index < -0.39 is 17.3 Å². The van der Waals surface area contributed by atoms with Gasteiger partial charge in [0.05, 0.1) is 12.2 Å². The number of esters is 1. The van der Waals surface area contributed by atoms with E-state index in [1.165, 1.54) is 0 Å². The van der Waals surface area contributed by atoms with Gasteiger partial charge in [-0.1, -0.05) is 39.3 Å². The molecule has 2 saturated carbocycles. The smallest absolute Gasteiger partial charge is 0.338 e. The fraction of sp³-hybridized carbons (Fsp3) is 0.650. The van der Waals surface area contributed by atoms with Gasteiger partial charge < -0.3 is 9.84 Å². The summed E-state index contributed by atoms with van der Waals surface area (Å²) in [6.07, 6.45) is 7.72. The lowest BCUT2D eigenvalue weighted by Gasteiger charge is -2.57. The van der Waals surface area contributed by atoms with Crippen molar-refractivity contribution in [3.63, 3.8) is 0 Å². The molecule has 2 fully saturated rings. The fourth-order valence-corrected chi connectivity index (χ4v) is 5.29. The van der Waals surface area contributed by atoms with Gasteiger partial charge in [0.25, 0.3) is 0 Å². The molecule has 0 amide bonds. The summed E-state index contributed by atoms with van der Waals surface area (Å²) in [7, 11) is 0. The maximum Gasteiger partial charge on any atom is 0.338 e. The average Bonchev–Trinajstić information content (AvgIpc) is 2.96. The highest BCUT2D eigenvalue weighted by molar-refractivity contribution is 6.39. The van der Waals surface area contributed by atoms with Gasteiger partial charge in [-0.3, -0.25) is 9.59 Å². The van der Waals surface area contributed by atoms with E-state index in [0.29, 0.717) is 12.0 Å². The molecule has 0 aromatic carbocycles. The molecule has 1 heterocycles. The summed E-state index contributed by atoms with van der Waals surface area (Å²) in [6.45, 7) is 5.91. The zero-order valence-electron chi connectivity index (χ0n) is 15.1. The van der Waals surface area contributed by atoms with Crippen LogP contribution in [0.1, 0.15) is 40.0 Å². The number of ether oxygens (including phenoxy) is 1. The van der Waals surface area contributed by atoms with E-state index in [9.17, 15) is 19.5 Å². The normalized spacial score (nSPS) is 37.8. The van der Waals surface area contributed by atoms with Crippen LogP contribution >= 0.6 is 0 Å². The Bertz CT molecular complexity index is 672. The first kappa shape index (κ1) is 18.1. The van der Waals surface area contributed by atoms with E-state index in [1.807, 2.05) is 19.9 Å². The van der Waals surface area contributed by atoms with Gasteiger partial charge >= 0.3 is 5.97 Å². The van der Waals surface area contributed by atoms with Gasteiger partial charge in [0.1, 0.15) is 6.61 Å². The molecule has 0 bridgehead atoms. The minimum absolute atomic E-state index is 0.136. The molecule has 0 saturated heterocycles. The van der Waals surface area contributed by atoms with E-state index in [1.54, 1.807) is 19.1 Å². The predicted molar refractivity (Wildman–Crippen MR) is 91.5 cm³/mol. The van der Waals surface area contributed by atoms with Crippen molar-refractivity contribution >= 4 is 17.5 Å². The molecule has 136 valence electrons. The molecule has 5 heteroatoms. The number of allylic oxidation sites excluding steroid dienone is 1. The third-order valence-electron chi connectivity index (χ3n) is 6.47. The largest absolute Gasteiger partial charge is 0.458 e. The fourth-order valence-electron chi connectivity index (χ4n) is 5.29. The summed E-state index contributed by atoms with van der Waals surface area (Å²) < 4.78 is 4.91. The van der Waals surface area contributed by atoms with Crippen LogP contribution < -0.4 is 0 Å². The monoisotopic (exact) mass is 346 g/mol. The Balaban J connectivity index is 2.05. The van der Waals surface area contributed by atoms with Crippen LogP contribution in [0.5, 0.6) is 0 Å². The molecule has 4 atom stereocenters. The molecule has 3 rings (SSSR count). The molecule has 0 spiro atoms. The minimum atomic E-state index is -0.647. The SMILES string of the molecule is CC1C(=O)C(=O)[C@H]2C(C)(C)CCC[C@]2(CO)[C@H]1C=CC1=CCOC1=O. The number of hydrogen-bond donors (Lipinski definition) is 1. The van der Waals surface area contributed by atoms with Gasteiger partial charge in [0.15, 0.2) is 0 Å². The Hall–Kier alpha value is -1.75. The second kappa shape index (κ2) is 6.20. The van der Waals surface area contributed by atoms with E-state index >= 15 is 0 Å². The number of ketones is 2. The van der Waals surface area contributed by atoms with Crippen molar-refractivity contribution in [3.8, 4) is 0 Å². The molecule has 0 aromatic heterocycles. The third kappa shape index (κ3) is 2.69. The Morgan fingerprint density at radius 1 is 1.24 bits per heavy atom. The van der Waals surface area contributed by atoms with Crippen LogP contribution in [-0.4, -0.2) is 35.9 Å². The van der Waals surface area contributed by atoms with Crippen LogP contribution in [0.3, 0.4) is 0 Å². The number of hydrogen-bond acceptors (Lipinski definition) is 5. The van der Waals surface area contributed by atoms with Gasteiger partial charge in [-0.15, -0.1) is 0 Å². The Morgan fingerprint density at radius 3 is 2.56 bits per heavy atom. The second-order valence-corrected chi connectivity index (χ2v) is 8.33. The van der Waals surface area contributed by atoms with E-state index in [0.717, 1.165) is 12.8 Å².